The third-order valence-corrected chi connectivity index (χ3v) is 7.87. The van der Waals surface area contributed by atoms with Crippen LogP contribution in [0.4, 0.5) is 10.6 Å². The number of aromatic carboxylic acids is 1. The number of carbonyl (C=O) groups is 2. The van der Waals surface area contributed by atoms with Crippen molar-refractivity contribution >= 4 is 31.1 Å². The summed E-state index contributed by atoms with van der Waals surface area (Å²) in [5.41, 5.74) is 10.2. The van der Waals surface area contributed by atoms with Crippen LogP contribution >= 0.6 is 0 Å². The number of amides is 1. The summed E-state index contributed by atoms with van der Waals surface area (Å²) in [6, 6.07) is 17.7. The first-order valence-corrected chi connectivity index (χ1v) is 13.1. The lowest BCUT2D eigenvalue weighted by atomic mass is 9.77. The third kappa shape index (κ3) is 5.20. The minimum Gasteiger partial charge on any atom is -0.478 e. The number of carboxylic acids is 1. The van der Waals surface area contributed by atoms with Gasteiger partial charge in [0.05, 0.1) is 16.8 Å². The second kappa shape index (κ2) is 10.4. The standard InChI is InChI=1S/C30H32BN3O6/c1-29(2)30(3,4)40-31(39-29)20(14-18-13-19(27(35)36)15-33-26(18)32)16-34-28(37)38-17-25-23-11-7-5-9-21(23)22-10-6-8-12-24(22)25/h5-15,25H,16-17H2,1-4H3,(H2,32,33)(H,34,37)(H,35,36). The van der Waals surface area contributed by atoms with E-state index < -0.39 is 30.4 Å². The van der Waals surface area contributed by atoms with E-state index in [0.29, 0.717) is 11.0 Å². The number of benzene rings is 2. The molecule has 4 N–H and O–H groups in total. The number of nitrogens with one attached hydrogen (secondary N) is 1. The van der Waals surface area contributed by atoms with Crippen LogP contribution in [0.15, 0.2) is 66.3 Å². The Balaban J connectivity index is 1.34. The molecule has 1 saturated heterocycles. The minimum absolute atomic E-state index is 0.0155. The number of hydrogen-bond acceptors (Lipinski definition) is 7. The number of carbonyl (C=O) groups excluding carboxylic acids is 1. The number of rotatable bonds is 7. The van der Waals surface area contributed by atoms with E-state index in [1.807, 2.05) is 52.0 Å². The zero-order valence-electron chi connectivity index (χ0n) is 22.9. The number of nitrogen functional groups attached to an aromatic ring is 1. The summed E-state index contributed by atoms with van der Waals surface area (Å²) in [4.78, 5) is 28.4. The summed E-state index contributed by atoms with van der Waals surface area (Å²) in [7, 11) is -0.813. The number of nitrogens with zero attached hydrogens (tertiary/aromatic N) is 1. The molecule has 9 nitrogen and oxygen atoms in total. The van der Waals surface area contributed by atoms with Crippen molar-refractivity contribution in [3.05, 3.63) is 88.5 Å². The van der Waals surface area contributed by atoms with Crippen molar-refractivity contribution < 1.29 is 28.7 Å². The van der Waals surface area contributed by atoms with Gasteiger partial charge in [-0.05, 0) is 61.5 Å². The first kappa shape index (κ1) is 27.4. The molecule has 1 aliphatic heterocycles. The second-order valence-corrected chi connectivity index (χ2v) is 11.0. The third-order valence-electron chi connectivity index (χ3n) is 7.87. The lowest BCUT2D eigenvalue weighted by Gasteiger charge is -2.32. The Kier molecular flexibility index (Phi) is 7.16. The molecular weight excluding hydrogens is 509 g/mol. The van der Waals surface area contributed by atoms with Gasteiger partial charge in [-0.25, -0.2) is 14.6 Å². The fraction of sp³-hybridized carbons (Fsp3) is 0.300. The lowest BCUT2D eigenvalue weighted by Crippen LogP contribution is -2.41. The van der Waals surface area contributed by atoms with Crippen LogP contribution in [-0.2, 0) is 14.0 Å². The molecule has 0 bridgehead atoms. The van der Waals surface area contributed by atoms with Crippen LogP contribution in [0, 0.1) is 0 Å². The Morgan fingerprint density at radius 1 is 1.05 bits per heavy atom. The zero-order chi connectivity index (χ0) is 28.7. The van der Waals surface area contributed by atoms with E-state index in [0.717, 1.165) is 22.3 Å². The molecule has 2 aromatic carbocycles. The maximum absolute atomic E-state index is 12.9. The minimum atomic E-state index is -1.13. The number of ether oxygens (including phenoxy) is 1. The van der Waals surface area contributed by atoms with E-state index in [4.69, 9.17) is 19.8 Å². The number of aromatic nitrogens is 1. The first-order valence-electron chi connectivity index (χ1n) is 13.1. The predicted octanol–water partition coefficient (Wildman–Crippen LogP) is 4.92. The van der Waals surface area contributed by atoms with Crippen LogP contribution in [-0.4, -0.2) is 53.6 Å². The second-order valence-electron chi connectivity index (χ2n) is 11.0. The summed E-state index contributed by atoms with van der Waals surface area (Å²) in [5.74, 6) is -1.06. The van der Waals surface area contributed by atoms with Gasteiger partial charge in [-0.3, -0.25) is 0 Å². The van der Waals surface area contributed by atoms with Crippen LogP contribution in [0.1, 0.15) is 60.7 Å². The van der Waals surface area contributed by atoms with Gasteiger partial charge in [0.15, 0.2) is 0 Å². The summed E-state index contributed by atoms with van der Waals surface area (Å²) in [5, 5.41) is 12.2. The molecule has 2 heterocycles. The van der Waals surface area contributed by atoms with Gasteiger partial charge in [-0.15, -0.1) is 0 Å². The van der Waals surface area contributed by atoms with Crippen LogP contribution in [0.2, 0.25) is 0 Å². The molecule has 2 aliphatic rings. The fourth-order valence-electron chi connectivity index (χ4n) is 4.95. The van der Waals surface area contributed by atoms with Crippen molar-refractivity contribution in [1.29, 1.82) is 0 Å². The van der Waals surface area contributed by atoms with Gasteiger partial charge in [0.2, 0.25) is 0 Å². The van der Waals surface area contributed by atoms with E-state index in [2.05, 4.69) is 34.6 Å². The van der Waals surface area contributed by atoms with Crippen molar-refractivity contribution in [1.82, 2.24) is 10.3 Å². The van der Waals surface area contributed by atoms with Crippen molar-refractivity contribution in [2.45, 2.75) is 44.8 Å². The molecular formula is C30H32BN3O6. The maximum atomic E-state index is 12.9. The molecule has 0 radical (unpaired) electrons. The van der Waals surface area contributed by atoms with Crippen LogP contribution < -0.4 is 11.1 Å². The van der Waals surface area contributed by atoms with Gasteiger partial charge in [0.25, 0.3) is 0 Å². The first-order chi connectivity index (χ1) is 19.0. The molecule has 40 heavy (non-hydrogen) atoms. The maximum Gasteiger partial charge on any atom is 0.492 e. The molecule has 0 spiro atoms. The van der Waals surface area contributed by atoms with Crippen LogP contribution in [0.5, 0.6) is 0 Å². The van der Waals surface area contributed by atoms with Gasteiger partial charge in [-0.1, -0.05) is 54.6 Å². The lowest BCUT2D eigenvalue weighted by molar-refractivity contribution is 0.00578. The highest BCUT2D eigenvalue weighted by atomic mass is 16.7. The average molecular weight is 541 g/mol. The van der Waals surface area contributed by atoms with Crippen LogP contribution in [0.25, 0.3) is 17.2 Å². The number of nitrogens with two attached hydrogens (primary N) is 1. The molecule has 0 unspecified atom stereocenters. The average Bonchev–Trinajstić information content (AvgIpc) is 3.35. The smallest absolute Gasteiger partial charge is 0.478 e. The van der Waals surface area contributed by atoms with Crippen molar-refractivity contribution in [2.24, 2.45) is 0 Å². The Labute approximate surface area is 233 Å². The van der Waals surface area contributed by atoms with E-state index in [1.54, 1.807) is 6.08 Å². The number of hydrogen-bond donors (Lipinski definition) is 3. The topological polar surface area (TPSA) is 133 Å². The highest BCUT2D eigenvalue weighted by Gasteiger charge is 2.52. The van der Waals surface area contributed by atoms with Gasteiger partial charge < -0.3 is 30.2 Å². The molecule has 0 saturated carbocycles. The molecule has 0 atom stereocenters. The summed E-state index contributed by atoms with van der Waals surface area (Å²) in [6.07, 6.45) is 2.23. The summed E-state index contributed by atoms with van der Waals surface area (Å²) in [6.45, 7) is 7.88. The molecule has 5 rings (SSSR count). The van der Waals surface area contributed by atoms with E-state index in [-0.39, 0.29) is 30.5 Å². The summed E-state index contributed by atoms with van der Waals surface area (Å²) >= 11 is 0. The molecule has 10 heteroatoms. The van der Waals surface area contributed by atoms with Gasteiger partial charge >= 0.3 is 19.2 Å². The largest absolute Gasteiger partial charge is 0.492 e. The van der Waals surface area contributed by atoms with E-state index in [9.17, 15) is 14.7 Å². The van der Waals surface area contributed by atoms with Crippen LogP contribution in [0.3, 0.4) is 0 Å². The summed E-state index contributed by atoms with van der Waals surface area (Å²) < 4.78 is 18.1. The highest BCUT2D eigenvalue weighted by Crippen LogP contribution is 2.44. The number of alkyl carbamates (subject to hydrolysis) is 1. The number of fused-ring (bicyclic) bond motifs is 3. The van der Waals surface area contributed by atoms with Gasteiger partial charge in [0.1, 0.15) is 12.4 Å². The molecule has 1 aliphatic carbocycles. The highest BCUT2D eigenvalue weighted by molar-refractivity contribution is 6.56. The Hall–Kier alpha value is -4.15. The quantitative estimate of drug-likeness (QED) is 0.359. The van der Waals surface area contributed by atoms with E-state index >= 15 is 0 Å². The van der Waals surface area contributed by atoms with Gasteiger partial charge in [-0.2, -0.15) is 0 Å². The van der Waals surface area contributed by atoms with Crippen molar-refractivity contribution in [2.75, 3.05) is 18.9 Å². The molecule has 1 aromatic heterocycles. The number of carboxylic acid groups (broad SMARTS) is 1. The molecule has 3 aromatic rings. The normalized spacial score (nSPS) is 17.3. The SMILES string of the molecule is CC1(C)OB(C(=Cc2cc(C(=O)O)cnc2N)CNC(=O)OCC2c3ccccc3-c3ccccc32)OC1(C)C. The Morgan fingerprint density at radius 3 is 2.20 bits per heavy atom. The molecule has 1 amide bonds. The number of pyridine rings is 1. The van der Waals surface area contributed by atoms with Crippen molar-refractivity contribution in [3.63, 3.8) is 0 Å². The van der Waals surface area contributed by atoms with E-state index in [1.165, 1.54) is 12.3 Å². The molecule has 206 valence electrons. The monoisotopic (exact) mass is 541 g/mol. The predicted molar refractivity (Wildman–Crippen MR) is 153 cm³/mol. The van der Waals surface area contributed by atoms with Crippen molar-refractivity contribution in [3.8, 4) is 11.1 Å². The molecule has 1 fully saturated rings. The Morgan fingerprint density at radius 2 is 1.62 bits per heavy atom. The Bertz CT molecular complexity index is 1440. The number of anilines is 1. The fourth-order valence-corrected chi connectivity index (χ4v) is 4.95. The zero-order valence-corrected chi connectivity index (χ0v) is 22.9. The van der Waals surface area contributed by atoms with Gasteiger partial charge in [0, 0.05) is 24.2 Å².